The standard InChI is InChI=1S/C16H16Cl2O/c1-2-16(19,13-6-4-3-5-7-13)11-12-10-14(17)8-9-15(12)18/h3-10,19H,2,11H2,1H3. The second-order valence-electron chi connectivity index (χ2n) is 4.66. The van der Waals surface area contributed by atoms with Gasteiger partial charge in [0.05, 0.1) is 5.60 Å². The summed E-state index contributed by atoms with van der Waals surface area (Å²) in [6.45, 7) is 1.96. The second kappa shape index (κ2) is 5.96. The summed E-state index contributed by atoms with van der Waals surface area (Å²) in [4.78, 5) is 0. The minimum absolute atomic E-state index is 0.451. The Hall–Kier alpha value is -1.02. The fourth-order valence-corrected chi connectivity index (χ4v) is 2.55. The summed E-state index contributed by atoms with van der Waals surface area (Å²) < 4.78 is 0. The molecule has 0 aliphatic rings. The molecule has 1 unspecified atom stereocenters. The van der Waals surface area contributed by atoms with Crippen molar-refractivity contribution in [3.05, 3.63) is 69.7 Å². The summed E-state index contributed by atoms with van der Waals surface area (Å²) in [6.07, 6.45) is 1.06. The van der Waals surface area contributed by atoms with Crippen molar-refractivity contribution in [1.82, 2.24) is 0 Å². The normalized spacial score (nSPS) is 14.1. The number of hydrogen-bond acceptors (Lipinski definition) is 1. The maximum atomic E-state index is 10.9. The van der Waals surface area contributed by atoms with Crippen molar-refractivity contribution < 1.29 is 5.11 Å². The van der Waals surface area contributed by atoms with Crippen LogP contribution in [0, 0.1) is 0 Å². The van der Waals surface area contributed by atoms with Crippen LogP contribution in [0.5, 0.6) is 0 Å². The van der Waals surface area contributed by atoms with Gasteiger partial charge in [-0.2, -0.15) is 0 Å². The lowest BCUT2D eigenvalue weighted by atomic mass is 9.85. The number of benzene rings is 2. The van der Waals surface area contributed by atoms with Crippen LogP contribution in [0.1, 0.15) is 24.5 Å². The molecule has 0 aliphatic carbocycles. The first kappa shape index (κ1) is 14.4. The Labute approximate surface area is 123 Å². The average Bonchev–Trinajstić information content (AvgIpc) is 2.44. The van der Waals surface area contributed by atoms with E-state index in [-0.39, 0.29) is 0 Å². The Morgan fingerprint density at radius 1 is 1.05 bits per heavy atom. The quantitative estimate of drug-likeness (QED) is 0.856. The fraction of sp³-hybridized carbons (Fsp3) is 0.250. The first-order valence-electron chi connectivity index (χ1n) is 6.27. The van der Waals surface area contributed by atoms with Crippen molar-refractivity contribution in [3.63, 3.8) is 0 Å². The Morgan fingerprint density at radius 3 is 2.37 bits per heavy atom. The summed E-state index contributed by atoms with van der Waals surface area (Å²) in [5, 5.41) is 12.1. The van der Waals surface area contributed by atoms with Crippen molar-refractivity contribution >= 4 is 23.2 Å². The molecule has 100 valence electrons. The van der Waals surface area contributed by atoms with Gasteiger partial charge in [0.15, 0.2) is 0 Å². The Balaban J connectivity index is 2.36. The molecule has 1 atom stereocenters. The number of halogens is 2. The van der Waals surface area contributed by atoms with Crippen LogP contribution in [0.2, 0.25) is 10.0 Å². The molecule has 3 heteroatoms. The zero-order valence-corrected chi connectivity index (χ0v) is 12.2. The molecular weight excluding hydrogens is 279 g/mol. The number of hydrogen-bond donors (Lipinski definition) is 1. The van der Waals surface area contributed by atoms with Crippen LogP contribution in [0.3, 0.4) is 0 Å². The minimum Gasteiger partial charge on any atom is -0.385 e. The molecule has 0 saturated heterocycles. The molecule has 0 saturated carbocycles. The van der Waals surface area contributed by atoms with E-state index < -0.39 is 5.60 Å². The van der Waals surface area contributed by atoms with Crippen molar-refractivity contribution in [1.29, 1.82) is 0 Å². The molecule has 2 aromatic carbocycles. The van der Waals surface area contributed by atoms with E-state index in [1.807, 2.05) is 43.3 Å². The van der Waals surface area contributed by atoms with E-state index in [0.29, 0.717) is 22.9 Å². The zero-order valence-electron chi connectivity index (χ0n) is 10.7. The molecule has 0 radical (unpaired) electrons. The van der Waals surface area contributed by atoms with Crippen molar-refractivity contribution in [2.24, 2.45) is 0 Å². The molecule has 1 nitrogen and oxygen atoms in total. The number of aliphatic hydroxyl groups is 1. The Kier molecular flexibility index (Phi) is 4.51. The maximum Gasteiger partial charge on any atom is 0.0934 e. The molecule has 0 bridgehead atoms. The Morgan fingerprint density at radius 2 is 1.74 bits per heavy atom. The molecule has 19 heavy (non-hydrogen) atoms. The molecule has 0 aliphatic heterocycles. The van der Waals surface area contributed by atoms with Crippen LogP contribution in [0.25, 0.3) is 0 Å². The predicted octanol–water partition coefficient (Wildman–Crippen LogP) is 4.83. The van der Waals surface area contributed by atoms with Crippen LogP contribution in [0.15, 0.2) is 48.5 Å². The van der Waals surface area contributed by atoms with E-state index in [1.165, 1.54) is 0 Å². The third-order valence-electron chi connectivity index (χ3n) is 3.39. The van der Waals surface area contributed by atoms with E-state index in [1.54, 1.807) is 12.1 Å². The highest BCUT2D eigenvalue weighted by molar-refractivity contribution is 6.33. The molecule has 1 N–H and O–H groups in total. The van der Waals surface area contributed by atoms with Crippen LogP contribution in [-0.4, -0.2) is 5.11 Å². The maximum absolute atomic E-state index is 10.9. The van der Waals surface area contributed by atoms with E-state index in [4.69, 9.17) is 23.2 Å². The topological polar surface area (TPSA) is 20.2 Å². The predicted molar refractivity (Wildman–Crippen MR) is 80.8 cm³/mol. The molecule has 2 rings (SSSR count). The molecule has 2 aromatic rings. The summed E-state index contributed by atoms with van der Waals surface area (Å²) in [6, 6.07) is 15.0. The summed E-state index contributed by atoms with van der Waals surface area (Å²) in [7, 11) is 0. The van der Waals surface area contributed by atoms with E-state index >= 15 is 0 Å². The first-order chi connectivity index (χ1) is 9.05. The molecule has 0 fully saturated rings. The van der Waals surface area contributed by atoms with Gasteiger partial charge < -0.3 is 5.11 Å². The van der Waals surface area contributed by atoms with E-state index in [0.717, 1.165) is 11.1 Å². The molecule has 0 heterocycles. The van der Waals surface area contributed by atoms with Gasteiger partial charge in [-0.05, 0) is 35.7 Å². The van der Waals surface area contributed by atoms with Gasteiger partial charge in [-0.1, -0.05) is 60.5 Å². The molecule has 0 spiro atoms. The van der Waals surface area contributed by atoms with Crippen molar-refractivity contribution in [2.45, 2.75) is 25.4 Å². The highest BCUT2D eigenvalue weighted by Crippen LogP contribution is 2.32. The van der Waals surface area contributed by atoms with Crippen LogP contribution in [-0.2, 0) is 12.0 Å². The summed E-state index contributed by atoms with van der Waals surface area (Å²) in [5.41, 5.74) is 0.839. The van der Waals surface area contributed by atoms with Gasteiger partial charge in [0.2, 0.25) is 0 Å². The van der Waals surface area contributed by atoms with Crippen molar-refractivity contribution in [2.75, 3.05) is 0 Å². The van der Waals surface area contributed by atoms with Gasteiger partial charge in [-0.25, -0.2) is 0 Å². The van der Waals surface area contributed by atoms with E-state index in [2.05, 4.69) is 0 Å². The van der Waals surface area contributed by atoms with Crippen LogP contribution >= 0.6 is 23.2 Å². The monoisotopic (exact) mass is 294 g/mol. The van der Waals surface area contributed by atoms with Gasteiger partial charge in [0.25, 0.3) is 0 Å². The first-order valence-corrected chi connectivity index (χ1v) is 7.02. The SMILES string of the molecule is CCC(O)(Cc1cc(Cl)ccc1Cl)c1ccccc1. The van der Waals surface area contributed by atoms with Gasteiger partial charge in [0.1, 0.15) is 0 Å². The third kappa shape index (κ3) is 3.30. The highest BCUT2D eigenvalue weighted by atomic mass is 35.5. The Bertz CT molecular complexity index is 554. The van der Waals surface area contributed by atoms with Crippen LogP contribution in [0.4, 0.5) is 0 Å². The lowest BCUT2D eigenvalue weighted by Gasteiger charge is -2.28. The molecular formula is C16H16Cl2O. The average molecular weight is 295 g/mol. The second-order valence-corrected chi connectivity index (χ2v) is 5.51. The number of rotatable bonds is 4. The van der Waals surface area contributed by atoms with Crippen LogP contribution < -0.4 is 0 Å². The minimum atomic E-state index is -0.921. The molecule has 0 amide bonds. The lowest BCUT2D eigenvalue weighted by Crippen LogP contribution is -2.27. The lowest BCUT2D eigenvalue weighted by molar-refractivity contribution is 0.0327. The van der Waals surface area contributed by atoms with E-state index in [9.17, 15) is 5.11 Å². The summed E-state index contributed by atoms with van der Waals surface area (Å²) in [5.74, 6) is 0. The van der Waals surface area contributed by atoms with Gasteiger partial charge in [0, 0.05) is 16.5 Å². The van der Waals surface area contributed by atoms with Gasteiger partial charge in [-0.3, -0.25) is 0 Å². The largest absolute Gasteiger partial charge is 0.385 e. The van der Waals surface area contributed by atoms with Gasteiger partial charge in [-0.15, -0.1) is 0 Å². The zero-order chi connectivity index (χ0) is 13.9. The third-order valence-corrected chi connectivity index (χ3v) is 3.99. The highest BCUT2D eigenvalue weighted by Gasteiger charge is 2.28. The van der Waals surface area contributed by atoms with Gasteiger partial charge >= 0.3 is 0 Å². The smallest absolute Gasteiger partial charge is 0.0934 e. The van der Waals surface area contributed by atoms with Crippen molar-refractivity contribution in [3.8, 4) is 0 Å². The summed E-state index contributed by atoms with van der Waals surface area (Å²) >= 11 is 12.2. The molecule has 0 aromatic heterocycles. The fourth-order valence-electron chi connectivity index (χ4n) is 2.17.